The Morgan fingerprint density at radius 1 is 1.12 bits per heavy atom. The van der Waals surface area contributed by atoms with Crippen LogP contribution < -0.4 is 10.7 Å². The molecule has 1 unspecified atom stereocenters. The second-order valence-electron chi connectivity index (χ2n) is 5.51. The fraction of sp³-hybridized carbons (Fsp3) is 0.118. The van der Waals surface area contributed by atoms with Gasteiger partial charge in [-0.25, -0.2) is 9.18 Å². The van der Waals surface area contributed by atoms with E-state index in [1.807, 2.05) is 0 Å². The Hall–Kier alpha value is -3.22. The molecule has 1 atom stereocenters. The van der Waals surface area contributed by atoms with E-state index in [9.17, 15) is 18.8 Å². The zero-order valence-electron chi connectivity index (χ0n) is 12.7. The quantitative estimate of drug-likeness (QED) is 0.846. The minimum Gasteiger partial charge on any atom is -0.318 e. The molecular formula is C17H14FN3O3. The summed E-state index contributed by atoms with van der Waals surface area (Å²) in [5.74, 6) is -1.97. The van der Waals surface area contributed by atoms with Crippen molar-refractivity contribution in [1.82, 2.24) is 15.8 Å². The van der Waals surface area contributed by atoms with Crippen LogP contribution in [-0.2, 0) is 10.3 Å². The number of rotatable bonds is 3. The van der Waals surface area contributed by atoms with Gasteiger partial charge < -0.3 is 5.32 Å². The normalized spacial score (nSPS) is 20.0. The molecule has 1 heterocycles. The van der Waals surface area contributed by atoms with Crippen LogP contribution in [0.4, 0.5) is 9.18 Å². The van der Waals surface area contributed by atoms with Gasteiger partial charge in [-0.3, -0.25) is 15.0 Å². The van der Waals surface area contributed by atoms with E-state index >= 15 is 0 Å². The van der Waals surface area contributed by atoms with E-state index < -0.39 is 29.2 Å². The number of urea groups is 1. The standard InChI is InChI=1S/C17H14FN3O3/c1-17(12-7-3-2-4-8-12)15(23)21(16(24)19-17)20-14(22)11-6-5-9-13(18)10-11/h2-10H,1H3,(H,19,24)(H,20,22). The molecule has 122 valence electrons. The molecule has 1 aliphatic rings. The molecule has 2 aromatic carbocycles. The molecule has 7 heteroatoms. The summed E-state index contributed by atoms with van der Waals surface area (Å²) in [6.45, 7) is 1.55. The van der Waals surface area contributed by atoms with Gasteiger partial charge in [-0.1, -0.05) is 36.4 Å². The predicted octanol–water partition coefficient (Wildman–Crippen LogP) is 1.94. The summed E-state index contributed by atoms with van der Waals surface area (Å²) in [4.78, 5) is 36.9. The van der Waals surface area contributed by atoms with Gasteiger partial charge in [0.1, 0.15) is 11.4 Å². The van der Waals surface area contributed by atoms with Crippen LogP contribution in [0.2, 0.25) is 0 Å². The smallest absolute Gasteiger partial charge is 0.318 e. The van der Waals surface area contributed by atoms with Crippen LogP contribution in [0.5, 0.6) is 0 Å². The number of hydrogen-bond acceptors (Lipinski definition) is 3. The SMILES string of the molecule is CC1(c2ccccc2)NC(=O)N(NC(=O)c2cccc(F)c2)C1=O. The number of benzene rings is 2. The number of nitrogens with one attached hydrogen (secondary N) is 2. The molecule has 0 aliphatic carbocycles. The molecule has 0 aromatic heterocycles. The molecule has 6 nitrogen and oxygen atoms in total. The van der Waals surface area contributed by atoms with E-state index in [-0.39, 0.29) is 5.56 Å². The Bertz CT molecular complexity index is 825. The third kappa shape index (κ3) is 2.60. The zero-order valence-corrected chi connectivity index (χ0v) is 12.7. The number of halogens is 1. The predicted molar refractivity (Wildman–Crippen MR) is 83.0 cm³/mol. The fourth-order valence-corrected chi connectivity index (χ4v) is 2.50. The van der Waals surface area contributed by atoms with Crippen molar-refractivity contribution in [2.24, 2.45) is 0 Å². The maximum Gasteiger partial charge on any atom is 0.344 e. The number of amides is 4. The van der Waals surface area contributed by atoms with E-state index in [1.54, 1.807) is 37.3 Å². The number of carbonyl (C=O) groups is 3. The van der Waals surface area contributed by atoms with Gasteiger partial charge in [0.2, 0.25) is 0 Å². The molecular weight excluding hydrogens is 313 g/mol. The molecule has 1 aliphatic heterocycles. The molecule has 0 radical (unpaired) electrons. The van der Waals surface area contributed by atoms with Gasteiger partial charge >= 0.3 is 6.03 Å². The molecule has 0 saturated carbocycles. The summed E-state index contributed by atoms with van der Waals surface area (Å²) in [5, 5.41) is 3.17. The van der Waals surface area contributed by atoms with Crippen LogP contribution >= 0.6 is 0 Å². The highest BCUT2D eigenvalue weighted by Crippen LogP contribution is 2.27. The van der Waals surface area contributed by atoms with Gasteiger partial charge in [0.05, 0.1) is 0 Å². The van der Waals surface area contributed by atoms with Crippen LogP contribution in [0.1, 0.15) is 22.8 Å². The minimum atomic E-state index is -1.28. The topological polar surface area (TPSA) is 78.5 Å². The van der Waals surface area contributed by atoms with Gasteiger partial charge in [0.15, 0.2) is 0 Å². The maximum atomic E-state index is 13.2. The van der Waals surface area contributed by atoms with Gasteiger partial charge in [-0.05, 0) is 30.7 Å². The average Bonchev–Trinajstić information content (AvgIpc) is 2.80. The van der Waals surface area contributed by atoms with Gasteiger partial charge in [0, 0.05) is 5.56 Å². The highest BCUT2D eigenvalue weighted by atomic mass is 19.1. The second kappa shape index (κ2) is 5.77. The highest BCUT2D eigenvalue weighted by Gasteiger charge is 2.50. The molecule has 0 bridgehead atoms. The van der Waals surface area contributed by atoms with Crippen molar-refractivity contribution in [3.05, 3.63) is 71.5 Å². The van der Waals surface area contributed by atoms with E-state index in [4.69, 9.17) is 0 Å². The Morgan fingerprint density at radius 3 is 2.50 bits per heavy atom. The lowest BCUT2D eigenvalue weighted by atomic mass is 9.92. The third-order valence-electron chi connectivity index (χ3n) is 3.84. The first-order valence-electron chi connectivity index (χ1n) is 7.20. The van der Waals surface area contributed by atoms with Gasteiger partial charge in [-0.15, -0.1) is 0 Å². The minimum absolute atomic E-state index is 0.00362. The summed E-state index contributed by atoms with van der Waals surface area (Å²) in [6.07, 6.45) is 0. The Labute approximate surface area is 137 Å². The van der Waals surface area contributed by atoms with E-state index in [1.165, 1.54) is 18.2 Å². The first kappa shape index (κ1) is 15.7. The average molecular weight is 327 g/mol. The molecule has 1 fully saturated rings. The lowest BCUT2D eigenvalue weighted by molar-refractivity contribution is -0.132. The Kier molecular flexibility index (Phi) is 3.76. The summed E-state index contributed by atoms with van der Waals surface area (Å²) >= 11 is 0. The molecule has 4 amide bonds. The molecule has 2 N–H and O–H groups in total. The van der Waals surface area contributed by atoms with Crippen molar-refractivity contribution in [1.29, 1.82) is 0 Å². The summed E-state index contributed by atoms with van der Waals surface area (Å²) in [7, 11) is 0. The van der Waals surface area contributed by atoms with Crippen molar-refractivity contribution >= 4 is 17.8 Å². The third-order valence-corrected chi connectivity index (χ3v) is 3.84. The van der Waals surface area contributed by atoms with Crippen LogP contribution in [0.15, 0.2) is 54.6 Å². The van der Waals surface area contributed by atoms with E-state index in [0.29, 0.717) is 10.6 Å². The molecule has 0 spiro atoms. The first-order chi connectivity index (χ1) is 11.4. The maximum absolute atomic E-state index is 13.2. The monoisotopic (exact) mass is 327 g/mol. The van der Waals surface area contributed by atoms with Crippen LogP contribution in [-0.4, -0.2) is 22.9 Å². The van der Waals surface area contributed by atoms with Crippen LogP contribution in [0, 0.1) is 5.82 Å². The largest absolute Gasteiger partial charge is 0.344 e. The van der Waals surface area contributed by atoms with E-state index in [2.05, 4.69) is 10.7 Å². The molecule has 3 rings (SSSR count). The number of carbonyl (C=O) groups excluding carboxylic acids is 3. The fourth-order valence-electron chi connectivity index (χ4n) is 2.50. The molecule has 2 aromatic rings. The number of nitrogens with zero attached hydrogens (tertiary/aromatic N) is 1. The number of hydrazine groups is 1. The first-order valence-corrected chi connectivity index (χ1v) is 7.20. The summed E-state index contributed by atoms with van der Waals surface area (Å²) in [5.41, 5.74) is 1.52. The van der Waals surface area contributed by atoms with Gasteiger partial charge in [-0.2, -0.15) is 5.01 Å². The lowest BCUT2D eigenvalue weighted by Crippen LogP contribution is -2.47. The van der Waals surface area contributed by atoms with Crippen molar-refractivity contribution in [3.8, 4) is 0 Å². The van der Waals surface area contributed by atoms with Crippen molar-refractivity contribution < 1.29 is 18.8 Å². The second-order valence-corrected chi connectivity index (χ2v) is 5.51. The summed E-state index contributed by atoms with van der Waals surface area (Å²) in [6, 6.07) is 12.9. The Morgan fingerprint density at radius 2 is 1.83 bits per heavy atom. The molecule has 24 heavy (non-hydrogen) atoms. The van der Waals surface area contributed by atoms with Crippen molar-refractivity contribution in [2.75, 3.05) is 0 Å². The van der Waals surface area contributed by atoms with Crippen LogP contribution in [0.3, 0.4) is 0 Å². The van der Waals surface area contributed by atoms with E-state index in [0.717, 1.165) is 6.07 Å². The highest BCUT2D eigenvalue weighted by molar-refractivity contribution is 6.09. The zero-order chi connectivity index (χ0) is 17.3. The number of imide groups is 1. The van der Waals surface area contributed by atoms with Crippen molar-refractivity contribution in [2.45, 2.75) is 12.5 Å². The molecule has 1 saturated heterocycles. The van der Waals surface area contributed by atoms with Crippen molar-refractivity contribution in [3.63, 3.8) is 0 Å². The Balaban J connectivity index is 1.84. The van der Waals surface area contributed by atoms with Gasteiger partial charge in [0.25, 0.3) is 11.8 Å². The summed E-state index contributed by atoms with van der Waals surface area (Å²) < 4.78 is 13.2. The number of hydrogen-bond donors (Lipinski definition) is 2. The van der Waals surface area contributed by atoms with Crippen LogP contribution in [0.25, 0.3) is 0 Å². The lowest BCUT2D eigenvalue weighted by Gasteiger charge is -2.22.